The molecule has 1 amide bonds. The summed E-state index contributed by atoms with van der Waals surface area (Å²) in [6.07, 6.45) is 2.95. The lowest BCUT2D eigenvalue weighted by Gasteiger charge is -2.25. The minimum atomic E-state index is 0.0130. The number of rotatable bonds is 7. The average molecular weight is 247 g/mol. The topological polar surface area (TPSA) is 49.3 Å². The van der Waals surface area contributed by atoms with Gasteiger partial charge in [0.15, 0.2) is 0 Å². The summed E-state index contributed by atoms with van der Waals surface area (Å²) < 4.78 is 0. The van der Waals surface area contributed by atoms with Crippen molar-refractivity contribution in [3.8, 4) is 0 Å². The van der Waals surface area contributed by atoms with Crippen LogP contribution in [-0.4, -0.2) is 35.2 Å². The number of nitrogens with one attached hydrogen (secondary N) is 1. The van der Waals surface area contributed by atoms with E-state index < -0.39 is 0 Å². The Morgan fingerprint density at radius 3 is 2.31 bits per heavy atom. The van der Waals surface area contributed by atoms with Gasteiger partial charge in [-0.3, -0.25) is 4.79 Å². The number of aliphatic hydroxyl groups is 1. The lowest BCUT2D eigenvalue weighted by molar-refractivity contribution is -0.126. The van der Waals surface area contributed by atoms with Crippen LogP contribution in [-0.2, 0) is 4.79 Å². The number of aliphatic hydroxyl groups excluding tert-OH is 1. The zero-order valence-corrected chi connectivity index (χ0v) is 11.8. The maximum absolute atomic E-state index is 11.9. The number of hydrogen-bond acceptors (Lipinski definition) is 3. The molecule has 0 aromatic rings. The highest BCUT2D eigenvalue weighted by Crippen LogP contribution is 2.16. The van der Waals surface area contributed by atoms with Gasteiger partial charge in [0.05, 0.1) is 6.61 Å². The van der Waals surface area contributed by atoms with Crippen molar-refractivity contribution in [1.29, 1.82) is 0 Å². The molecule has 3 nitrogen and oxygen atoms in total. The molecule has 16 heavy (non-hydrogen) atoms. The molecule has 2 N–H and O–H groups in total. The molecule has 4 heteroatoms. The van der Waals surface area contributed by atoms with Gasteiger partial charge in [-0.05, 0) is 19.1 Å². The quantitative estimate of drug-likeness (QED) is 0.722. The molecule has 0 bridgehead atoms. The molecular formula is C12H25NO2S. The van der Waals surface area contributed by atoms with Gasteiger partial charge < -0.3 is 10.4 Å². The maximum atomic E-state index is 11.9. The fourth-order valence-corrected chi connectivity index (χ4v) is 2.12. The van der Waals surface area contributed by atoms with Crippen molar-refractivity contribution in [2.24, 2.45) is 11.8 Å². The Morgan fingerprint density at radius 1 is 1.38 bits per heavy atom. The van der Waals surface area contributed by atoms with Gasteiger partial charge in [-0.15, -0.1) is 0 Å². The second-order valence-corrected chi connectivity index (χ2v) is 5.51. The minimum absolute atomic E-state index is 0.0130. The zero-order chi connectivity index (χ0) is 12.7. The van der Waals surface area contributed by atoms with E-state index in [1.54, 1.807) is 11.8 Å². The number of hydrogen-bond donors (Lipinski definition) is 2. The third kappa shape index (κ3) is 4.74. The van der Waals surface area contributed by atoms with Crippen LogP contribution in [0.25, 0.3) is 0 Å². The first kappa shape index (κ1) is 15.8. The summed E-state index contributed by atoms with van der Waals surface area (Å²) >= 11 is 1.58. The van der Waals surface area contributed by atoms with Crippen LogP contribution >= 0.6 is 11.8 Å². The number of amides is 1. The SMILES string of the molecule is CCC(C)C(C)C(=O)NC(C)C(CO)SC. The van der Waals surface area contributed by atoms with E-state index in [-0.39, 0.29) is 29.7 Å². The maximum Gasteiger partial charge on any atom is 0.223 e. The van der Waals surface area contributed by atoms with Gasteiger partial charge in [0.25, 0.3) is 0 Å². The Hall–Kier alpha value is -0.220. The van der Waals surface area contributed by atoms with Gasteiger partial charge >= 0.3 is 0 Å². The van der Waals surface area contributed by atoms with Gasteiger partial charge in [0, 0.05) is 17.2 Å². The van der Waals surface area contributed by atoms with Gasteiger partial charge in [0.1, 0.15) is 0 Å². The normalized spacial score (nSPS) is 18.6. The number of carbonyl (C=O) groups is 1. The van der Waals surface area contributed by atoms with E-state index >= 15 is 0 Å². The van der Waals surface area contributed by atoms with Crippen LogP contribution in [0.4, 0.5) is 0 Å². The van der Waals surface area contributed by atoms with E-state index in [2.05, 4.69) is 19.2 Å². The standard InChI is InChI=1S/C12H25NO2S/c1-6-8(2)9(3)12(15)13-10(4)11(7-14)16-5/h8-11,14H,6-7H2,1-5H3,(H,13,15). The van der Waals surface area contributed by atoms with Crippen molar-refractivity contribution in [2.45, 2.75) is 45.4 Å². The third-order valence-electron chi connectivity index (χ3n) is 3.32. The molecule has 96 valence electrons. The van der Waals surface area contributed by atoms with Gasteiger partial charge in [-0.1, -0.05) is 27.2 Å². The summed E-state index contributed by atoms with van der Waals surface area (Å²) in [4.78, 5) is 11.9. The van der Waals surface area contributed by atoms with Crippen LogP contribution in [0.15, 0.2) is 0 Å². The van der Waals surface area contributed by atoms with Crippen LogP contribution in [0.3, 0.4) is 0 Å². The second kappa shape index (κ2) is 7.96. The van der Waals surface area contributed by atoms with E-state index in [9.17, 15) is 4.79 Å². The van der Waals surface area contributed by atoms with Crippen LogP contribution in [0, 0.1) is 11.8 Å². The zero-order valence-electron chi connectivity index (χ0n) is 11.0. The molecule has 0 radical (unpaired) electrons. The van der Waals surface area contributed by atoms with E-state index in [0.29, 0.717) is 5.92 Å². The van der Waals surface area contributed by atoms with Crippen LogP contribution in [0.1, 0.15) is 34.1 Å². The molecule has 4 atom stereocenters. The summed E-state index contributed by atoms with van der Waals surface area (Å²) in [5.41, 5.74) is 0. The number of carbonyl (C=O) groups excluding carboxylic acids is 1. The second-order valence-electron chi connectivity index (χ2n) is 4.43. The molecule has 0 fully saturated rings. The highest BCUT2D eigenvalue weighted by molar-refractivity contribution is 7.99. The molecular weight excluding hydrogens is 222 g/mol. The van der Waals surface area contributed by atoms with Crippen molar-refractivity contribution < 1.29 is 9.90 Å². The Kier molecular flexibility index (Phi) is 7.85. The molecule has 0 rings (SSSR count). The molecule has 0 heterocycles. The molecule has 0 aliphatic carbocycles. The highest BCUT2D eigenvalue weighted by Gasteiger charge is 2.23. The van der Waals surface area contributed by atoms with E-state index in [1.807, 2.05) is 20.1 Å². The van der Waals surface area contributed by atoms with E-state index in [4.69, 9.17) is 5.11 Å². The predicted octanol–water partition coefficient (Wildman–Crippen LogP) is 1.90. The van der Waals surface area contributed by atoms with Crippen molar-refractivity contribution in [1.82, 2.24) is 5.32 Å². The van der Waals surface area contributed by atoms with Crippen LogP contribution in [0.2, 0.25) is 0 Å². The van der Waals surface area contributed by atoms with Crippen LogP contribution in [0.5, 0.6) is 0 Å². The van der Waals surface area contributed by atoms with Crippen molar-refractivity contribution >= 4 is 17.7 Å². The average Bonchev–Trinajstić information content (AvgIpc) is 2.28. The summed E-state index contributed by atoms with van der Waals surface area (Å²) in [6, 6.07) is 0.0130. The largest absolute Gasteiger partial charge is 0.395 e. The molecule has 0 aromatic heterocycles. The van der Waals surface area contributed by atoms with Crippen molar-refractivity contribution in [3.05, 3.63) is 0 Å². The molecule has 4 unspecified atom stereocenters. The van der Waals surface area contributed by atoms with E-state index in [1.165, 1.54) is 0 Å². The lowest BCUT2D eigenvalue weighted by Crippen LogP contribution is -2.44. The molecule has 0 aliphatic rings. The van der Waals surface area contributed by atoms with Crippen molar-refractivity contribution in [3.63, 3.8) is 0 Å². The predicted molar refractivity (Wildman–Crippen MR) is 70.6 cm³/mol. The summed E-state index contributed by atoms with van der Waals surface area (Å²) in [5, 5.41) is 12.2. The molecule has 0 saturated heterocycles. The Balaban J connectivity index is 4.22. The lowest BCUT2D eigenvalue weighted by atomic mass is 9.92. The minimum Gasteiger partial charge on any atom is -0.395 e. The Bertz CT molecular complexity index is 207. The third-order valence-corrected chi connectivity index (χ3v) is 4.48. The fraction of sp³-hybridized carbons (Fsp3) is 0.917. The Labute approximate surface area is 103 Å². The fourth-order valence-electron chi connectivity index (χ4n) is 1.50. The molecule has 0 aromatic carbocycles. The van der Waals surface area contributed by atoms with Crippen LogP contribution < -0.4 is 5.32 Å². The molecule has 0 spiro atoms. The summed E-state index contributed by atoms with van der Waals surface area (Å²) in [7, 11) is 0. The summed E-state index contributed by atoms with van der Waals surface area (Å²) in [5.74, 6) is 0.525. The van der Waals surface area contributed by atoms with Crippen molar-refractivity contribution in [2.75, 3.05) is 12.9 Å². The number of thioether (sulfide) groups is 1. The first-order valence-electron chi connectivity index (χ1n) is 5.91. The smallest absolute Gasteiger partial charge is 0.223 e. The summed E-state index contributed by atoms with van der Waals surface area (Å²) in [6.45, 7) is 8.19. The Morgan fingerprint density at radius 2 is 1.94 bits per heavy atom. The monoisotopic (exact) mass is 247 g/mol. The first-order chi connectivity index (χ1) is 7.47. The highest BCUT2D eigenvalue weighted by atomic mass is 32.2. The van der Waals surface area contributed by atoms with Gasteiger partial charge in [-0.2, -0.15) is 11.8 Å². The van der Waals surface area contributed by atoms with E-state index in [0.717, 1.165) is 6.42 Å². The molecule has 0 aliphatic heterocycles. The van der Waals surface area contributed by atoms with Gasteiger partial charge in [0.2, 0.25) is 5.91 Å². The van der Waals surface area contributed by atoms with Gasteiger partial charge in [-0.25, -0.2) is 0 Å². The first-order valence-corrected chi connectivity index (χ1v) is 7.20. The molecule has 0 saturated carbocycles.